The molecule has 1 rings (SSSR count). The fourth-order valence-corrected chi connectivity index (χ4v) is 0.393. The van der Waals surface area contributed by atoms with Crippen molar-refractivity contribution in [3.63, 3.8) is 0 Å². The van der Waals surface area contributed by atoms with E-state index in [0.29, 0.717) is 0 Å². The molecule has 1 aliphatic rings. The molecule has 0 radical (unpaired) electrons. The summed E-state index contributed by atoms with van der Waals surface area (Å²) in [5.74, 6) is 0. The standard InChI is InChI=1S/C5H6.K.H/c1-2-4-5-3-1;;/h1-4H,5H2;;. The van der Waals surface area contributed by atoms with Gasteiger partial charge in [0.05, 0.1) is 0 Å². The van der Waals surface area contributed by atoms with Gasteiger partial charge in [-0.15, -0.1) is 0 Å². The second kappa shape index (κ2) is 4.28. The zero-order valence-corrected chi connectivity index (χ0v) is 3.02. The maximum absolute atomic E-state index is 2.12. The van der Waals surface area contributed by atoms with E-state index >= 15 is 0 Å². The fraction of sp³-hybridized carbons (Fsp3) is 0.200. The van der Waals surface area contributed by atoms with Gasteiger partial charge in [0, 0.05) is 0 Å². The zero-order chi connectivity index (χ0) is 3.54. The third kappa shape index (κ3) is 2.32. The second-order valence-corrected chi connectivity index (χ2v) is 1.09. The van der Waals surface area contributed by atoms with Gasteiger partial charge in [-0.3, -0.25) is 0 Å². The first kappa shape index (κ1) is 7.12. The molecule has 0 bridgehead atoms. The van der Waals surface area contributed by atoms with E-state index < -0.39 is 0 Å². The first-order valence-electron chi connectivity index (χ1n) is 1.82. The molecule has 0 atom stereocenters. The molecule has 0 aromatic heterocycles. The van der Waals surface area contributed by atoms with E-state index in [0.717, 1.165) is 6.42 Å². The molecule has 0 nitrogen and oxygen atoms in total. The van der Waals surface area contributed by atoms with Crippen LogP contribution >= 0.6 is 0 Å². The molecule has 0 unspecified atom stereocenters. The second-order valence-electron chi connectivity index (χ2n) is 1.09. The molecule has 0 aromatic rings. The van der Waals surface area contributed by atoms with E-state index in [9.17, 15) is 0 Å². The van der Waals surface area contributed by atoms with Crippen LogP contribution in [0.5, 0.6) is 0 Å². The summed E-state index contributed by atoms with van der Waals surface area (Å²) in [5.41, 5.74) is 0. The van der Waals surface area contributed by atoms with Crippen LogP contribution in [0.2, 0.25) is 0 Å². The van der Waals surface area contributed by atoms with Gasteiger partial charge in [-0.2, -0.15) is 0 Å². The molecule has 0 fully saturated rings. The SMILES string of the molecule is C1=CCC=C1.[KH]. The van der Waals surface area contributed by atoms with Gasteiger partial charge in [0.25, 0.3) is 0 Å². The van der Waals surface area contributed by atoms with Crippen LogP contribution in [0.25, 0.3) is 0 Å². The molecular formula is C5H7K. The molecule has 0 heterocycles. The predicted octanol–water partition coefficient (Wildman–Crippen LogP) is 0.854. The first-order valence-corrected chi connectivity index (χ1v) is 1.82. The Balaban J connectivity index is 0.000000250. The molecule has 6 heavy (non-hydrogen) atoms. The normalized spacial score (nSPS) is 14.7. The Morgan fingerprint density at radius 1 is 1.00 bits per heavy atom. The average molecular weight is 106 g/mol. The van der Waals surface area contributed by atoms with Crippen LogP contribution in [0.3, 0.4) is 0 Å². The molecule has 1 heteroatoms. The van der Waals surface area contributed by atoms with E-state index in [1.165, 1.54) is 0 Å². The summed E-state index contributed by atoms with van der Waals surface area (Å²) in [6.07, 6.45) is 9.50. The molecule has 0 aliphatic heterocycles. The van der Waals surface area contributed by atoms with Crippen molar-refractivity contribution >= 4 is 51.4 Å². The summed E-state index contributed by atoms with van der Waals surface area (Å²) in [4.78, 5) is 0. The van der Waals surface area contributed by atoms with Gasteiger partial charge in [-0.25, -0.2) is 0 Å². The summed E-state index contributed by atoms with van der Waals surface area (Å²) < 4.78 is 0. The summed E-state index contributed by atoms with van der Waals surface area (Å²) >= 11 is 0. The van der Waals surface area contributed by atoms with Crippen molar-refractivity contribution in [3.8, 4) is 0 Å². The van der Waals surface area contributed by atoms with Gasteiger partial charge in [0.15, 0.2) is 0 Å². The van der Waals surface area contributed by atoms with Crippen LogP contribution in [0.1, 0.15) is 6.42 Å². The van der Waals surface area contributed by atoms with Crippen molar-refractivity contribution in [3.05, 3.63) is 24.3 Å². The Kier molecular flexibility index (Phi) is 5.08. The summed E-state index contributed by atoms with van der Waals surface area (Å²) in [6, 6.07) is 0. The number of hydrogen-bond acceptors (Lipinski definition) is 0. The fourth-order valence-electron chi connectivity index (χ4n) is 0.393. The van der Waals surface area contributed by atoms with Crippen molar-refractivity contribution in [1.82, 2.24) is 0 Å². The Morgan fingerprint density at radius 3 is 1.67 bits per heavy atom. The third-order valence-electron chi connectivity index (χ3n) is 0.655. The Bertz CT molecular complexity index is 62.0. The third-order valence-corrected chi connectivity index (χ3v) is 0.655. The van der Waals surface area contributed by atoms with Crippen LogP contribution < -0.4 is 0 Å². The van der Waals surface area contributed by atoms with Gasteiger partial charge < -0.3 is 0 Å². The van der Waals surface area contributed by atoms with Crippen molar-refractivity contribution in [2.45, 2.75) is 6.42 Å². The van der Waals surface area contributed by atoms with E-state index in [4.69, 9.17) is 0 Å². The van der Waals surface area contributed by atoms with Gasteiger partial charge in [0.1, 0.15) is 0 Å². The molecule has 0 saturated heterocycles. The topological polar surface area (TPSA) is 0 Å². The van der Waals surface area contributed by atoms with Crippen molar-refractivity contribution < 1.29 is 0 Å². The average Bonchev–Trinajstić information content (AvgIpc) is 1.76. The van der Waals surface area contributed by atoms with Crippen LogP contribution in [-0.2, 0) is 0 Å². The van der Waals surface area contributed by atoms with Gasteiger partial charge in [-0.05, 0) is 6.42 Å². The van der Waals surface area contributed by atoms with E-state index in [-0.39, 0.29) is 51.4 Å². The summed E-state index contributed by atoms with van der Waals surface area (Å²) in [5, 5.41) is 0. The Labute approximate surface area is 80.7 Å². The summed E-state index contributed by atoms with van der Waals surface area (Å²) in [7, 11) is 0. The monoisotopic (exact) mass is 106 g/mol. The molecule has 0 spiro atoms. The van der Waals surface area contributed by atoms with E-state index in [1.54, 1.807) is 0 Å². The summed E-state index contributed by atoms with van der Waals surface area (Å²) in [6.45, 7) is 0. The molecular weight excluding hydrogens is 99.2 g/mol. The van der Waals surface area contributed by atoms with Crippen LogP contribution in [0, 0.1) is 0 Å². The first-order chi connectivity index (χ1) is 2.50. The van der Waals surface area contributed by atoms with Crippen LogP contribution in [0.15, 0.2) is 24.3 Å². The Morgan fingerprint density at radius 2 is 1.50 bits per heavy atom. The molecule has 0 N–H and O–H groups in total. The van der Waals surface area contributed by atoms with E-state index in [1.807, 2.05) is 0 Å². The molecule has 1 aliphatic carbocycles. The minimum absolute atomic E-state index is 0. The predicted molar refractivity (Wildman–Crippen MR) is 30.0 cm³/mol. The van der Waals surface area contributed by atoms with Crippen molar-refractivity contribution in [2.24, 2.45) is 0 Å². The Hall–Kier alpha value is 1.12. The zero-order valence-electron chi connectivity index (χ0n) is 3.02. The molecule has 0 amide bonds. The maximum atomic E-state index is 2.12. The van der Waals surface area contributed by atoms with E-state index in [2.05, 4.69) is 24.3 Å². The van der Waals surface area contributed by atoms with Gasteiger partial charge >= 0.3 is 51.4 Å². The van der Waals surface area contributed by atoms with Crippen LogP contribution in [0.4, 0.5) is 0 Å². The number of allylic oxidation sites excluding steroid dienone is 4. The number of rotatable bonds is 0. The van der Waals surface area contributed by atoms with Crippen LogP contribution in [-0.4, -0.2) is 51.4 Å². The van der Waals surface area contributed by atoms with Gasteiger partial charge in [0.2, 0.25) is 0 Å². The van der Waals surface area contributed by atoms with Crippen molar-refractivity contribution in [1.29, 1.82) is 0 Å². The van der Waals surface area contributed by atoms with Crippen molar-refractivity contribution in [2.75, 3.05) is 0 Å². The molecule has 28 valence electrons. The number of hydrogen-bond donors (Lipinski definition) is 0. The van der Waals surface area contributed by atoms with Gasteiger partial charge in [-0.1, -0.05) is 24.3 Å². The molecule has 0 saturated carbocycles. The molecule has 0 aromatic carbocycles. The quantitative estimate of drug-likeness (QED) is 0.402. The minimum atomic E-state index is 0.